The molecule has 3 heterocycles. The van der Waals surface area contributed by atoms with Crippen LogP contribution in [0.3, 0.4) is 0 Å². The highest BCUT2D eigenvalue weighted by molar-refractivity contribution is 5.99. The number of nitriles is 1. The van der Waals surface area contributed by atoms with Crippen molar-refractivity contribution in [1.82, 2.24) is 14.4 Å². The molecule has 33 heavy (non-hydrogen) atoms. The zero-order valence-electron chi connectivity index (χ0n) is 19.3. The van der Waals surface area contributed by atoms with E-state index in [2.05, 4.69) is 41.5 Å². The van der Waals surface area contributed by atoms with Gasteiger partial charge in [0.15, 0.2) is 0 Å². The fraction of sp³-hybridized carbons (Fsp3) is 0.407. The van der Waals surface area contributed by atoms with Gasteiger partial charge in [0.05, 0.1) is 11.6 Å². The van der Waals surface area contributed by atoms with E-state index in [1.165, 1.54) is 0 Å². The van der Waals surface area contributed by atoms with Gasteiger partial charge in [0, 0.05) is 49.7 Å². The predicted octanol–water partition coefficient (Wildman–Crippen LogP) is 4.42. The summed E-state index contributed by atoms with van der Waals surface area (Å²) >= 11 is 0. The molecule has 1 amide bonds. The third kappa shape index (κ3) is 4.34. The Labute approximate surface area is 195 Å². The topological polar surface area (TPSA) is 61.5 Å². The largest absolute Gasteiger partial charge is 0.490 e. The summed E-state index contributed by atoms with van der Waals surface area (Å²) in [5.41, 5.74) is 3.39. The Morgan fingerprint density at radius 2 is 1.88 bits per heavy atom. The van der Waals surface area contributed by atoms with E-state index in [0.717, 1.165) is 60.4 Å². The van der Waals surface area contributed by atoms with Crippen LogP contribution in [-0.2, 0) is 13.1 Å². The lowest BCUT2D eigenvalue weighted by Gasteiger charge is -2.34. The number of carbonyl (C=O) groups is 1. The van der Waals surface area contributed by atoms with E-state index in [-0.39, 0.29) is 12.0 Å². The highest BCUT2D eigenvalue weighted by Gasteiger charge is 2.27. The number of rotatable bonds is 5. The summed E-state index contributed by atoms with van der Waals surface area (Å²) in [6.45, 7) is 8.57. The van der Waals surface area contributed by atoms with Gasteiger partial charge in [-0.2, -0.15) is 5.26 Å². The number of hydrogen-bond acceptors (Lipinski definition) is 4. The number of amides is 1. The molecule has 0 atom stereocenters. The molecule has 170 valence electrons. The van der Waals surface area contributed by atoms with Crippen LogP contribution in [0.1, 0.15) is 48.3 Å². The number of aromatic nitrogens is 1. The molecule has 6 heteroatoms. The molecule has 0 radical (unpaired) electrons. The minimum Gasteiger partial charge on any atom is -0.490 e. The molecule has 0 spiro atoms. The maximum atomic E-state index is 13.2. The molecule has 0 N–H and O–H groups in total. The number of carbonyl (C=O) groups excluding carboxylic acids is 1. The fourth-order valence-electron chi connectivity index (χ4n) is 5.04. The van der Waals surface area contributed by atoms with Crippen LogP contribution >= 0.6 is 0 Å². The maximum absolute atomic E-state index is 13.2. The molecule has 0 saturated carbocycles. The number of piperidine rings is 1. The zero-order valence-corrected chi connectivity index (χ0v) is 19.3. The second-order valence-corrected chi connectivity index (χ2v) is 9.39. The molecule has 2 aliphatic rings. The second-order valence-electron chi connectivity index (χ2n) is 9.39. The molecule has 2 aliphatic heterocycles. The lowest BCUT2D eigenvalue weighted by molar-refractivity contribution is 0.0693. The molecule has 1 fully saturated rings. The van der Waals surface area contributed by atoms with Crippen molar-refractivity contribution in [1.29, 1.82) is 5.26 Å². The highest BCUT2D eigenvalue weighted by atomic mass is 16.5. The van der Waals surface area contributed by atoms with Crippen molar-refractivity contribution < 1.29 is 9.53 Å². The monoisotopic (exact) mass is 442 g/mol. The number of fused-ring (bicyclic) bond motifs is 3. The Balaban J connectivity index is 1.31. The van der Waals surface area contributed by atoms with Crippen LogP contribution < -0.4 is 4.74 Å². The van der Waals surface area contributed by atoms with Crippen molar-refractivity contribution in [3.05, 3.63) is 65.4 Å². The normalized spacial score (nSPS) is 17.4. The molecule has 6 nitrogen and oxygen atoms in total. The summed E-state index contributed by atoms with van der Waals surface area (Å²) in [5.74, 6) is 0.911. The Morgan fingerprint density at radius 1 is 1.06 bits per heavy atom. The Bertz CT molecular complexity index is 1210. The van der Waals surface area contributed by atoms with Gasteiger partial charge in [-0.25, -0.2) is 0 Å². The molecule has 0 unspecified atom stereocenters. The standard InChI is InChI=1S/C27H30N4O2/c1-19(2)29-10-8-23(9-11-29)33-24-6-7-25-22(15-24)16-26-27(32)30(12-13-31(25)26)18-21-5-3-4-20(14-21)17-28/h3-7,14-16,19,23H,8-13,18H2,1-2H3. The SMILES string of the molecule is CC(C)N1CCC(Oc2ccc3c(c2)cc2n3CCN(Cc3cccc(C#N)c3)C2=O)CC1. The first-order valence-corrected chi connectivity index (χ1v) is 11.8. The lowest BCUT2D eigenvalue weighted by Crippen LogP contribution is -2.41. The molecule has 0 aliphatic carbocycles. The summed E-state index contributed by atoms with van der Waals surface area (Å²) < 4.78 is 8.43. The molecule has 5 rings (SSSR count). The second kappa shape index (κ2) is 8.92. The van der Waals surface area contributed by atoms with Gasteiger partial charge >= 0.3 is 0 Å². The summed E-state index contributed by atoms with van der Waals surface area (Å²) in [6, 6.07) is 18.4. The van der Waals surface area contributed by atoms with Crippen molar-refractivity contribution in [3.8, 4) is 11.8 Å². The van der Waals surface area contributed by atoms with Crippen molar-refractivity contribution >= 4 is 16.8 Å². The zero-order chi connectivity index (χ0) is 22.9. The summed E-state index contributed by atoms with van der Waals surface area (Å²) in [6.07, 6.45) is 2.34. The third-order valence-electron chi connectivity index (χ3n) is 6.91. The van der Waals surface area contributed by atoms with E-state index in [9.17, 15) is 4.79 Å². The summed E-state index contributed by atoms with van der Waals surface area (Å²) in [7, 11) is 0. The Kier molecular flexibility index (Phi) is 5.82. The van der Waals surface area contributed by atoms with Gasteiger partial charge in [-0.3, -0.25) is 4.79 Å². The number of nitrogens with zero attached hydrogens (tertiary/aromatic N) is 4. The van der Waals surface area contributed by atoms with Crippen LogP contribution in [0.5, 0.6) is 5.75 Å². The van der Waals surface area contributed by atoms with Crippen molar-refractivity contribution in [2.75, 3.05) is 19.6 Å². The molecule has 0 bridgehead atoms. The van der Waals surface area contributed by atoms with Crippen LogP contribution in [0, 0.1) is 11.3 Å². The molecule has 1 saturated heterocycles. The van der Waals surface area contributed by atoms with Crippen molar-refractivity contribution in [3.63, 3.8) is 0 Å². The third-order valence-corrected chi connectivity index (χ3v) is 6.91. The molecular formula is C27H30N4O2. The van der Waals surface area contributed by atoms with Gasteiger partial charge in [0.2, 0.25) is 0 Å². The minimum atomic E-state index is 0.0309. The smallest absolute Gasteiger partial charge is 0.270 e. The molecular weight excluding hydrogens is 412 g/mol. The van der Waals surface area contributed by atoms with Gasteiger partial charge in [-0.05, 0) is 68.7 Å². The van der Waals surface area contributed by atoms with E-state index in [0.29, 0.717) is 24.7 Å². The Morgan fingerprint density at radius 3 is 2.64 bits per heavy atom. The van der Waals surface area contributed by atoms with Gasteiger partial charge < -0.3 is 19.1 Å². The number of ether oxygens (including phenoxy) is 1. The first-order chi connectivity index (χ1) is 16.0. The molecule has 3 aromatic rings. The summed E-state index contributed by atoms with van der Waals surface area (Å²) in [4.78, 5) is 17.6. The number of likely N-dealkylation sites (tertiary alicyclic amines) is 1. The fourth-order valence-corrected chi connectivity index (χ4v) is 5.04. The van der Waals surface area contributed by atoms with Gasteiger partial charge in [0.1, 0.15) is 17.5 Å². The Hall–Kier alpha value is -3.30. The quantitative estimate of drug-likeness (QED) is 0.587. The van der Waals surface area contributed by atoms with Crippen LogP contribution in [0.4, 0.5) is 0 Å². The van der Waals surface area contributed by atoms with Crippen molar-refractivity contribution in [2.24, 2.45) is 0 Å². The molecule has 1 aromatic heterocycles. The average Bonchev–Trinajstić information content (AvgIpc) is 3.20. The average molecular weight is 443 g/mol. The number of benzene rings is 2. The van der Waals surface area contributed by atoms with E-state index < -0.39 is 0 Å². The predicted molar refractivity (Wildman–Crippen MR) is 128 cm³/mol. The highest BCUT2D eigenvalue weighted by Crippen LogP contribution is 2.29. The van der Waals surface area contributed by atoms with Gasteiger partial charge in [-0.15, -0.1) is 0 Å². The first kappa shape index (κ1) is 21.5. The minimum absolute atomic E-state index is 0.0309. The van der Waals surface area contributed by atoms with Crippen LogP contribution in [-0.4, -0.2) is 52.1 Å². The lowest BCUT2D eigenvalue weighted by atomic mass is 10.1. The summed E-state index contributed by atoms with van der Waals surface area (Å²) in [5, 5.41) is 10.2. The van der Waals surface area contributed by atoms with Crippen molar-refractivity contribution in [2.45, 2.75) is 51.9 Å². The molecule has 2 aromatic carbocycles. The van der Waals surface area contributed by atoms with E-state index in [1.54, 1.807) is 6.07 Å². The maximum Gasteiger partial charge on any atom is 0.270 e. The van der Waals surface area contributed by atoms with Crippen LogP contribution in [0.15, 0.2) is 48.5 Å². The van der Waals surface area contributed by atoms with E-state index in [4.69, 9.17) is 10.00 Å². The van der Waals surface area contributed by atoms with Crippen LogP contribution in [0.2, 0.25) is 0 Å². The van der Waals surface area contributed by atoms with Crippen LogP contribution in [0.25, 0.3) is 10.9 Å². The van der Waals surface area contributed by atoms with Gasteiger partial charge in [0.25, 0.3) is 5.91 Å². The van der Waals surface area contributed by atoms with E-state index in [1.807, 2.05) is 35.2 Å². The number of hydrogen-bond donors (Lipinski definition) is 0. The first-order valence-electron chi connectivity index (χ1n) is 11.8. The van der Waals surface area contributed by atoms with E-state index >= 15 is 0 Å². The van der Waals surface area contributed by atoms with Gasteiger partial charge in [-0.1, -0.05) is 12.1 Å².